The zero-order valence-electron chi connectivity index (χ0n) is 24.7. The SMILES string of the molecule is C.C.C.C.C.C.C.C.C.C.C.C.CF.CF.CF.CF.COC(F)(F)CF.COCC(F)(F)F.COCF.COCF.FCF.FCF.FCOF.FCOF. The fraction of sp³-hybridized carbons (Fsp3) is 1.00. The molecule has 0 amide bonds. The fourth-order valence-electron chi connectivity index (χ4n) is 0.218. The van der Waals surface area contributed by atoms with Crippen LogP contribution in [0.25, 0.3) is 0 Å². The molecule has 0 aliphatic rings. The third-order valence-electron chi connectivity index (χ3n) is 1.06. The summed E-state index contributed by atoms with van der Waals surface area (Å²) in [6, 6.07) is 0. The molecule has 384 valence electrons. The van der Waals surface area contributed by atoms with Gasteiger partial charge in [0.2, 0.25) is 27.6 Å². The normalized spacial score (nSPS) is 6.21. The van der Waals surface area contributed by atoms with Crippen LogP contribution >= 0.6 is 0 Å². The van der Waals surface area contributed by atoms with Gasteiger partial charge in [0.25, 0.3) is 0 Å². The van der Waals surface area contributed by atoms with Crippen LogP contribution in [0.1, 0.15) is 89.1 Å². The molecular formula is C30H88F20O6. The first-order valence-corrected chi connectivity index (χ1v) is 9.16. The summed E-state index contributed by atoms with van der Waals surface area (Å²) in [5.41, 5.74) is 0. The van der Waals surface area contributed by atoms with Crippen molar-refractivity contribution in [2.75, 3.05) is 112 Å². The molecule has 56 heavy (non-hydrogen) atoms. The smallest absolute Gasteiger partial charge is 0.375 e. The van der Waals surface area contributed by atoms with Gasteiger partial charge in [-0.3, -0.25) is 17.6 Å². The molecule has 0 aromatic rings. The highest BCUT2D eigenvalue weighted by Gasteiger charge is 2.27. The number of alkyl halides is 18. The quantitative estimate of drug-likeness (QED) is 0.237. The van der Waals surface area contributed by atoms with Gasteiger partial charge in [0.05, 0.1) is 28.7 Å². The van der Waals surface area contributed by atoms with Gasteiger partial charge in [0.15, 0.2) is 20.4 Å². The molecule has 0 spiro atoms. The summed E-state index contributed by atoms with van der Waals surface area (Å²) in [5, 5.41) is 0. The Hall–Kier alpha value is -1.64. The van der Waals surface area contributed by atoms with Gasteiger partial charge in [0, 0.05) is 28.4 Å². The second kappa shape index (κ2) is 247. The second-order valence-electron chi connectivity index (χ2n) is 3.46. The molecule has 0 aromatic heterocycles. The summed E-state index contributed by atoms with van der Waals surface area (Å²) in [5.74, 6) is 0. The Kier molecular flexibility index (Phi) is 739. The maximum Gasteiger partial charge on any atom is 0.411 e. The summed E-state index contributed by atoms with van der Waals surface area (Å²) < 4.78 is 219. The van der Waals surface area contributed by atoms with Gasteiger partial charge in [-0.25, -0.2) is 39.5 Å². The van der Waals surface area contributed by atoms with Gasteiger partial charge in [-0.2, -0.15) is 31.8 Å². The molecule has 0 unspecified atom stereocenters. The molecule has 6 nitrogen and oxygen atoms in total. The zero-order chi connectivity index (χ0) is 38.9. The van der Waals surface area contributed by atoms with E-state index in [0.717, 1.165) is 14.2 Å². The predicted molar refractivity (Wildman–Crippen MR) is 201 cm³/mol. The lowest BCUT2D eigenvalue weighted by molar-refractivity contribution is -0.229. The van der Waals surface area contributed by atoms with E-state index in [1.165, 1.54) is 14.2 Å². The maximum atomic E-state index is 11.3. The summed E-state index contributed by atoms with van der Waals surface area (Å²) in [6.45, 7) is -10.5. The molecule has 0 bridgehead atoms. The van der Waals surface area contributed by atoms with E-state index in [-0.39, 0.29) is 89.1 Å². The van der Waals surface area contributed by atoms with Gasteiger partial charge in [0.1, 0.15) is 6.61 Å². The molecule has 0 radical (unpaired) electrons. The van der Waals surface area contributed by atoms with Crippen molar-refractivity contribution >= 4 is 0 Å². The van der Waals surface area contributed by atoms with Crippen LogP contribution in [0.3, 0.4) is 0 Å². The maximum absolute atomic E-state index is 11.3. The Labute approximate surface area is 330 Å². The average molecular weight is 925 g/mol. The summed E-state index contributed by atoms with van der Waals surface area (Å²) >= 11 is 0. The minimum atomic E-state index is -4.17. The first-order valence-electron chi connectivity index (χ1n) is 9.16. The molecule has 0 rings (SSSR count). The van der Waals surface area contributed by atoms with E-state index in [4.69, 9.17) is 0 Å². The van der Waals surface area contributed by atoms with E-state index in [9.17, 15) is 88.1 Å². The molecule has 0 fully saturated rings. The van der Waals surface area contributed by atoms with Crippen LogP contribution in [0.15, 0.2) is 0 Å². The van der Waals surface area contributed by atoms with Crippen molar-refractivity contribution in [2.45, 2.75) is 101 Å². The van der Waals surface area contributed by atoms with E-state index in [2.05, 4.69) is 28.8 Å². The molecule has 0 saturated heterocycles. The Morgan fingerprint density at radius 2 is 0.500 bits per heavy atom. The van der Waals surface area contributed by atoms with Gasteiger partial charge >= 0.3 is 12.3 Å². The number of ether oxygens (including phenoxy) is 4. The molecule has 0 heterocycles. The van der Waals surface area contributed by atoms with E-state index in [1.807, 2.05) is 0 Å². The topological polar surface area (TPSA) is 55.4 Å². The molecular weight excluding hydrogens is 836 g/mol. The molecule has 0 N–H and O–H groups in total. The number of methoxy groups -OCH3 is 4. The molecule has 26 heteroatoms. The third kappa shape index (κ3) is 904. The lowest BCUT2D eigenvalue weighted by atomic mass is 10.7. The van der Waals surface area contributed by atoms with Crippen molar-refractivity contribution in [3.05, 3.63) is 0 Å². The van der Waals surface area contributed by atoms with Crippen LogP contribution in [-0.2, 0) is 28.8 Å². The lowest BCUT2D eigenvalue weighted by Crippen LogP contribution is -2.20. The largest absolute Gasteiger partial charge is 0.411 e. The third-order valence-corrected chi connectivity index (χ3v) is 1.06. The standard InChI is InChI=1S/2C3H5F3O.2C2H5FO.2CH2F2O.2CH2F2.4CH3F.12CH4/c1-7-2-3(4,5)6;1-7-3(5,6)2-4;2*1-4-2-3;2*2-1-4-3;2*2-1-3;4*1-2;;;;;;;;;;;;/h2*2H2,1H3;2*2H2,1H3;2*1H2;2*1H2;4*1H3;12*1H4. The van der Waals surface area contributed by atoms with E-state index < -0.39 is 66.9 Å². The highest BCUT2D eigenvalue weighted by atomic mass is 19.4. The van der Waals surface area contributed by atoms with Crippen LogP contribution in [-0.4, -0.2) is 124 Å². The molecule has 0 saturated carbocycles. The van der Waals surface area contributed by atoms with E-state index in [1.54, 1.807) is 0 Å². The molecule has 0 aromatic carbocycles. The van der Waals surface area contributed by atoms with Crippen molar-refractivity contribution in [1.29, 1.82) is 0 Å². The fourth-order valence-corrected chi connectivity index (χ4v) is 0.218. The van der Waals surface area contributed by atoms with Crippen molar-refractivity contribution < 1.29 is 117 Å². The first kappa shape index (κ1) is 168. The van der Waals surface area contributed by atoms with Crippen molar-refractivity contribution in [3.8, 4) is 0 Å². The van der Waals surface area contributed by atoms with Crippen molar-refractivity contribution in [3.63, 3.8) is 0 Å². The Morgan fingerprint density at radius 1 is 0.357 bits per heavy atom. The minimum Gasteiger partial charge on any atom is -0.375 e. The van der Waals surface area contributed by atoms with Crippen molar-refractivity contribution in [1.82, 2.24) is 0 Å². The average Bonchev–Trinajstić information content (AvgIpc) is 3.05. The number of hydrogen-bond acceptors (Lipinski definition) is 6. The highest BCUT2D eigenvalue weighted by molar-refractivity contribution is 4.43. The number of rotatable bonds is 7. The summed E-state index contributed by atoms with van der Waals surface area (Å²) in [4.78, 5) is 4.75. The lowest BCUT2D eigenvalue weighted by Gasteiger charge is -2.06. The molecule has 0 atom stereocenters. The number of halogens is 20. The molecule has 0 aliphatic carbocycles. The summed E-state index contributed by atoms with van der Waals surface area (Å²) in [7, 11) is 6.37. The van der Waals surface area contributed by atoms with Crippen LogP contribution in [0.4, 0.5) is 88.1 Å². The molecule has 0 aliphatic heterocycles. The van der Waals surface area contributed by atoms with Gasteiger partial charge < -0.3 is 18.9 Å². The first-order chi connectivity index (χ1) is 20.7. The van der Waals surface area contributed by atoms with E-state index in [0.29, 0.717) is 28.7 Å². The van der Waals surface area contributed by atoms with E-state index >= 15 is 0 Å². The minimum absolute atomic E-state index is 0. The Balaban J connectivity index is -0.00000000909. The van der Waals surface area contributed by atoms with Crippen LogP contribution in [0, 0.1) is 0 Å². The van der Waals surface area contributed by atoms with Gasteiger partial charge in [-0.1, -0.05) is 89.1 Å². The summed E-state index contributed by atoms with van der Waals surface area (Å²) in [6.07, 6.45) is -7.76. The second-order valence-corrected chi connectivity index (χ2v) is 3.46. The van der Waals surface area contributed by atoms with Crippen molar-refractivity contribution in [2.24, 2.45) is 0 Å². The number of hydrogen-bond donors (Lipinski definition) is 0. The predicted octanol–water partition coefficient (Wildman–Crippen LogP) is 16.9. The zero-order valence-corrected chi connectivity index (χ0v) is 24.7. The Morgan fingerprint density at radius 3 is 0.500 bits per heavy atom. The van der Waals surface area contributed by atoms with Gasteiger partial charge in [-0.05, 0) is 9.05 Å². The Bertz CT molecular complexity index is 275. The highest BCUT2D eigenvalue weighted by Crippen LogP contribution is 2.13. The monoisotopic (exact) mass is 925 g/mol. The van der Waals surface area contributed by atoms with Crippen LogP contribution < -0.4 is 0 Å². The van der Waals surface area contributed by atoms with Crippen LogP contribution in [0.5, 0.6) is 0 Å². The van der Waals surface area contributed by atoms with Gasteiger partial charge in [-0.15, -0.1) is 0 Å². The van der Waals surface area contributed by atoms with Crippen LogP contribution in [0.2, 0.25) is 0 Å².